The minimum atomic E-state index is 0.451. The Morgan fingerprint density at radius 1 is 1.32 bits per heavy atom. The number of morpholine rings is 1. The van der Waals surface area contributed by atoms with Crippen molar-refractivity contribution in [2.45, 2.75) is 20.5 Å². The van der Waals surface area contributed by atoms with E-state index < -0.39 is 0 Å². The van der Waals surface area contributed by atoms with Crippen molar-refractivity contribution >= 4 is 11.6 Å². The zero-order valence-electron chi connectivity index (χ0n) is 11.7. The number of nitrogens with one attached hydrogen (secondary N) is 1. The number of hydrogen-bond acceptors (Lipinski definition) is 6. The maximum absolute atomic E-state index is 5.40. The highest BCUT2D eigenvalue weighted by Gasteiger charge is 2.14. The summed E-state index contributed by atoms with van der Waals surface area (Å²) in [4.78, 5) is 11.2. The Balaban J connectivity index is 2.17. The Kier molecular flexibility index (Phi) is 5.35. The van der Waals surface area contributed by atoms with Crippen molar-refractivity contribution in [1.29, 1.82) is 0 Å². The molecular formula is C13H22N4O2. The fourth-order valence-corrected chi connectivity index (χ4v) is 1.97. The first kappa shape index (κ1) is 14.0. The van der Waals surface area contributed by atoms with E-state index in [1.165, 1.54) is 0 Å². The van der Waals surface area contributed by atoms with Gasteiger partial charge in [-0.3, -0.25) is 0 Å². The van der Waals surface area contributed by atoms with E-state index in [2.05, 4.69) is 27.1 Å². The molecule has 0 amide bonds. The smallest absolute Gasteiger partial charge is 0.158 e. The highest BCUT2D eigenvalue weighted by Crippen LogP contribution is 2.17. The standard InChI is InChI=1S/C13H22N4O2/c1-3-14-11-9-13(17-5-7-19-8-6-17)16-12(15-11)10-18-4-2/h9H,3-8,10H2,1-2H3,(H,14,15,16). The molecule has 0 aliphatic carbocycles. The average molecular weight is 266 g/mol. The zero-order valence-corrected chi connectivity index (χ0v) is 11.7. The highest BCUT2D eigenvalue weighted by molar-refractivity contribution is 5.49. The van der Waals surface area contributed by atoms with Crippen molar-refractivity contribution in [3.63, 3.8) is 0 Å². The molecule has 1 aliphatic heterocycles. The lowest BCUT2D eigenvalue weighted by Crippen LogP contribution is -2.37. The van der Waals surface area contributed by atoms with Crippen molar-refractivity contribution in [3.8, 4) is 0 Å². The van der Waals surface area contributed by atoms with Gasteiger partial charge in [0.1, 0.15) is 18.2 Å². The molecule has 19 heavy (non-hydrogen) atoms. The molecule has 106 valence electrons. The molecule has 1 aromatic rings. The van der Waals surface area contributed by atoms with Gasteiger partial charge in [-0.25, -0.2) is 9.97 Å². The summed E-state index contributed by atoms with van der Waals surface area (Å²) in [5.41, 5.74) is 0. The Labute approximate surface area is 114 Å². The topological polar surface area (TPSA) is 59.5 Å². The van der Waals surface area contributed by atoms with Crippen LogP contribution in [0.15, 0.2) is 6.07 Å². The molecule has 6 nitrogen and oxygen atoms in total. The fraction of sp³-hybridized carbons (Fsp3) is 0.692. The number of aromatic nitrogens is 2. The van der Waals surface area contributed by atoms with Crippen LogP contribution in [0, 0.1) is 0 Å². The highest BCUT2D eigenvalue weighted by atomic mass is 16.5. The van der Waals surface area contributed by atoms with Gasteiger partial charge in [-0.15, -0.1) is 0 Å². The van der Waals surface area contributed by atoms with Crippen molar-refractivity contribution in [2.24, 2.45) is 0 Å². The van der Waals surface area contributed by atoms with Gasteiger partial charge in [0, 0.05) is 32.3 Å². The van der Waals surface area contributed by atoms with Crippen LogP contribution < -0.4 is 10.2 Å². The Bertz CT molecular complexity index is 394. The third kappa shape index (κ3) is 4.04. The van der Waals surface area contributed by atoms with E-state index in [0.717, 1.165) is 50.3 Å². The second kappa shape index (κ2) is 7.25. The summed E-state index contributed by atoms with van der Waals surface area (Å²) in [5.74, 6) is 2.53. The van der Waals surface area contributed by atoms with Crippen molar-refractivity contribution in [1.82, 2.24) is 9.97 Å². The molecule has 2 rings (SSSR count). The van der Waals surface area contributed by atoms with Gasteiger partial charge in [-0.05, 0) is 13.8 Å². The van der Waals surface area contributed by atoms with Crippen LogP contribution in [0.5, 0.6) is 0 Å². The van der Waals surface area contributed by atoms with Crippen molar-refractivity contribution < 1.29 is 9.47 Å². The molecule has 2 heterocycles. The van der Waals surface area contributed by atoms with E-state index in [0.29, 0.717) is 13.2 Å². The first-order valence-corrected chi connectivity index (χ1v) is 6.85. The van der Waals surface area contributed by atoms with Crippen molar-refractivity contribution in [3.05, 3.63) is 11.9 Å². The summed E-state index contributed by atoms with van der Waals surface area (Å²) < 4.78 is 10.8. The second-order valence-electron chi connectivity index (χ2n) is 4.29. The number of nitrogens with zero attached hydrogens (tertiary/aromatic N) is 3. The lowest BCUT2D eigenvalue weighted by molar-refractivity contribution is 0.121. The first-order chi connectivity index (χ1) is 9.33. The largest absolute Gasteiger partial charge is 0.378 e. The minimum absolute atomic E-state index is 0.451. The summed E-state index contributed by atoms with van der Waals surface area (Å²) in [6.07, 6.45) is 0. The van der Waals surface area contributed by atoms with E-state index in [1.807, 2.05) is 13.0 Å². The molecule has 0 atom stereocenters. The van der Waals surface area contributed by atoms with Gasteiger partial charge < -0.3 is 19.7 Å². The Hall–Kier alpha value is -1.40. The molecule has 1 fully saturated rings. The van der Waals surface area contributed by atoms with Gasteiger partial charge in [0.25, 0.3) is 0 Å². The van der Waals surface area contributed by atoms with Gasteiger partial charge in [0.2, 0.25) is 0 Å². The van der Waals surface area contributed by atoms with Gasteiger partial charge in [0.05, 0.1) is 13.2 Å². The summed E-state index contributed by atoms with van der Waals surface area (Å²) in [6, 6.07) is 1.99. The van der Waals surface area contributed by atoms with Crippen LogP contribution in [-0.2, 0) is 16.1 Å². The molecule has 0 unspecified atom stereocenters. The Morgan fingerprint density at radius 2 is 2.11 bits per heavy atom. The zero-order chi connectivity index (χ0) is 13.5. The molecular weight excluding hydrogens is 244 g/mol. The monoisotopic (exact) mass is 266 g/mol. The molecule has 0 radical (unpaired) electrons. The van der Waals surface area contributed by atoms with Gasteiger partial charge in [-0.2, -0.15) is 0 Å². The molecule has 0 spiro atoms. The third-order valence-corrected chi connectivity index (χ3v) is 2.89. The van der Waals surface area contributed by atoms with Crippen LogP contribution in [-0.4, -0.2) is 49.4 Å². The summed E-state index contributed by atoms with van der Waals surface area (Å²) in [6.45, 7) is 9.23. The average Bonchev–Trinajstić information content (AvgIpc) is 2.46. The quantitative estimate of drug-likeness (QED) is 0.837. The van der Waals surface area contributed by atoms with Crippen LogP contribution in [0.2, 0.25) is 0 Å². The van der Waals surface area contributed by atoms with Crippen LogP contribution >= 0.6 is 0 Å². The summed E-state index contributed by atoms with van der Waals surface area (Å²) in [7, 11) is 0. The first-order valence-electron chi connectivity index (χ1n) is 6.85. The minimum Gasteiger partial charge on any atom is -0.378 e. The number of anilines is 2. The van der Waals surface area contributed by atoms with E-state index in [-0.39, 0.29) is 0 Å². The molecule has 1 saturated heterocycles. The normalized spacial score (nSPS) is 15.6. The summed E-state index contributed by atoms with van der Waals surface area (Å²) >= 11 is 0. The predicted octanol–water partition coefficient (Wildman–Crippen LogP) is 1.28. The maximum atomic E-state index is 5.40. The number of ether oxygens (including phenoxy) is 2. The van der Waals surface area contributed by atoms with E-state index >= 15 is 0 Å². The van der Waals surface area contributed by atoms with Crippen LogP contribution in [0.4, 0.5) is 11.6 Å². The molecule has 6 heteroatoms. The molecule has 1 N–H and O–H groups in total. The molecule has 1 aromatic heterocycles. The third-order valence-electron chi connectivity index (χ3n) is 2.89. The van der Waals surface area contributed by atoms with Crippen LogP contribution in [0.25, 0.3) is 0 Å². The predicted molar refractivity (Wildman–Crippen MR) is 74.6 cm³/mol. The van der Waals surface area contributed by atoms with Gasteiger partial charge in [-0.1, -0.05) is 0 Å². The second-order valence-corrected chi connectivity index (χ2v) is 4.29. The SMILES string of the molecule is CCNc1cc(N2CCOCC2)nc(COCC)n1. The number of hydrogen-bond donors (Lipinski definition) is 1. The molecule has 0 bridgehead atoms. The molecule has 1 aliphatic rings. The van der Waals surface area contributed by atoms with Gasteiger partial charge in [0.15, 0.2) is 5.82 Å². The van der Waals surface area contributed by atoms with Gasteiger partial charge >= 0.3 is 0 Å². The Morgan fingerprint density at radius 3 is 2.79 bits per heavy atom. The fourth-order valence-electron chi connectivity index (χ4n) is 1.97. The summed E-state index contributed by atoms with van der Waals surface area (Å²) in [5, 5.41) is 3.24. The van der Waals surface area contributed by atoms with Crippen LogP contribution in [0.1, 0.15) is 19.7 Å². The molecule has 0 aromatic carbocycles. The molecule has 0 saturated carbocycles. The van der Waals surface area contributed by atoms with Crippen LogP contribution in [0.3, 0.4) is 0 Å². The van der Waals surface area contributed by atoms with E-state index in [4.69, 9.17) is 9.47 Å². The lowest BCUT2D eigenvalue weighted by Gasteiger charge is -2.28. The maximum Gasteiger partial charge on any atom is 0.158 e. The van der Waals surface area contributed by atoms with E-state index in [1.54, 1.807) is 0 Å². The number of rotatable bonds is 6. The van der Waals surface area contributed by atoms with E-state index in [9.17, 15) is 0 Å². The van der Waals surface area contributed by atoms with Crippen molar-refractivity contribution in [2.75, 3.05) is 49.7 Å². The lowest BCUT2D eigenvalue weighted by atomic mass is 10.4.